The van der Waals surface area contributed by atoms with E-state index >= 15 is 0 Å². The van der Waals surface area contributed by atoms with E-state index in [4.69, 9.17) is 5.26 Å². The number of nitriles is 1. The van der Waals surface area contributed by atoms with Crippen molar-refractivity contribution in [1.29, 1.82) is 5.26 Å². The van der Waals surface area contributed by atoms with Crippen LogP contribution in [0.2, 0.25) is 0 Å². The van der Waals surface area contributed by atoms with E-state index in [1.165, 1.54) is 0 Å². The van der Waals surface area contributed by atoms with Crippen LogP contribution in [0.1, 0.15) is 26.2 Å². The average Bonchev–Trinajstić information content (AvgIpc) is 2.35. The van der Waals surface area contributed by atoms with Gasteiger partial charge in [-0.25, -0.2) is 0 Å². The summed E-state index contributed by atoms with van der Waals surface area (Å²) in [7, 11) is 2.31. The number of carbonyl (C=O) groups excluding carboxylic acids is 2. The van der Waals surface area contributed by atoms with Crippen molar-refractivity contribution < 1.29 is 19.1 Å². The highest BCUT2D eigenvalue weighted by atomic mass is 16.5. The fourth-order valence-electron chi connectivity index (χ4n) is 1.30. The minimum atomic E-state index is -1.64. The largest absolute Gasteiger partial charge is 0.468 e. The van der Waals surface area contributed by atoms with Gasteiger partial charge in [0.25, 0.3) is 0 Å². The quantitative estimate of drug-likeness (QED) is 0.414. The second-order valence-electron chi connectivity index (χ2n) is 3.28. The molecule has 0 saturated heterocycles. The molecule has 17 heavy (non-hydrogen) atoms. The van der Waals surface area contributed by atoms with Gasteiger partial charge in [-0.15, -0.1) is 11.8 Å². The molecule has 5 nitrogen and oxygen atoms in total. The Bertz CT molecular complexity index is 368. The Hall–Kier alpha value is -2.01. The van der Waals surface area contributed by atoms with Crippen LogP contribution >= 0.6 is 0 Å². The van der Waals surface area contributed by atoms with Gasteiger partial charge in [0.2, 0.25) is 0 Å². The summed E-state index contributed by atoms with van der Waals surface area (Å²) in [5.74, 6) is 3.84. The van der Waals surface area contributed by atoms with E-state index in [1.807, 2.05) is 6.92 Å². The predicted octanol–water partition coefficient (Wildman–Crippen LogP) is 1.04. The first-order valence-corrected chi connectivity index (χ1v) is 5.08. The van der Waals surface area contributed by atoms with Gasteiger partial charge in [0, 0.05) is 12.8 Å². The van der Waals surface area contributed by atoms with Gasteiger partial charge in [0.15, 0.2) is 5.41 Å². The number of methoxy groups -OCH3 is 2. The minimum absolute atomic E-state index is 0.0756. The molecule has 0 atom stereocenters. The van der Waals surface area contributed by atoms with Gasteiger partial charge < -0.3 is 9.47 Å². The molecule has 0 aromatic rings. The topological polar surface area (TPSA) is 76.4 Å². The maximum atomic E-state index is 11.7. The molecule has 0 aliphatic rings. The standard InChI is InChI=1S/C12H15NO4/c1-4-5-6-7-12(8-9-13,10(14)16-2)11(15)17-3/h4,7-8H2,1-3H3. The van der Waals surface area contributed by atoms with Crippen LogP contribution in [0.25, 0.3) is 0 Å². The molecule has 0 fully saturated rings. The first kappa shape index (κ1) is 15.0. The fraction of sp³-hybridized carbons (Fsp3) is 0.583. The molecule has 0 aromatic carbocycles. The summed E-state index contributed by atoms with van der Waals surface area (Å²) in [6.07, 6.45) is 0.212. The van der Waals surface area contributed by atoms with Gasteiger partial charge in [0.1, 0.15) is 0 Å². The number of hydrogen-bond acceptors (Lipinski definition) is 5. The maximum Gasteiger partial charge on any atom is 0.325 e. The number of hydrogen-bond donors (Lipinski definition) is 0. The van der Waals surface area contributed by atoms with Crippen molar-refractivity contribution in [2.75, 3.05) is 14.2 Å². The summed E-state index contributed by atoms with van der Waals surface area (Å²) in [6.45, 7) is 1.84. The van der Waals surface area contributed by atoms with Crippen molar-refractivity contribution in [1.82, 2.24) is 0 Å². The molecule has 0 aliphatic carbocycles. The first-order chi connectivity index (χ1) is 8.08. The molecular formula is C12H15NO4. The number of esters is 2. The van der Waals surface area contributed by atoms with E-state index in [2.05, 4.69) is 21.3 Å². The average molecular weight is 237 g/mol. The summed E-state index contributed by atoms with van der Waals surface area (Å²) >= 11 is 0. The molecule has 0 spiro atoms. The van der Waals surface area contributed by atoms with E-state index in [9.17, 15) is 9.59 Å². The molecule has 0 bridgehead atoms. The van der Waals surface area contributed by atoms with Gasteiger partial charge in [0.05, 0.1) is 26.7 Å². The number of carbonyl (C=O) groups is 2. The van der Waals surface area contributed by atoms with E-state index in [0.717, 1.165) is 14.2 Å². The Morgan fingerprint density at radius 1 is 1.12 bits per heavy atom. The second-order valence-corrected chi connectivity index (χ2v) is 3.28. The Labute approximate surface area is 101 Å². The van der Waals surface area contributed by atoms with Crippen LogP contribution in [0.4, 0.5) is 0 Å². The lowest BCUT2D eigenvalue weighted by Gasteiger charge is -2.23. The lowest BCUT2D eigenvalue weighted by Crippen LogP contribution is -2.40. The smallest absolute Gasteiger partial charge is 0.325 e. The highest BCUT2D eigenvalue weighted by molar-refractivity contribution is 6.00. The van der Waals surface area contributed by atoms with Crippen molar-refractivity contribution >= 4 is 11.9 Å². The van der Waals surface area contributed by atoms with Crippen molar-refractivity contribution in [2.45, 2.75) is 26.2 Å². The summed E-state index contributed by atoms with van der Waals surface area (Å²) in [6, 6.07) is 1.80. The highest BCUT2D eigenvalue weighted by Gasteiger charge is 2.48. The van der Waals surface area contributed by atoms with E-state index in [-0.39, 0.29) is 12.8 Å². The van der Waals surface area contributed by atoms with Gasteiger partial charge in [-0.2, -0.15) is 5.26 Å². The van der Waals surface area contributed by atoms with Gasteiger partial charge in [-0.1, -0.05) is 6.92 Å². The Balaban J connectivity index is 5.32. The predicted molar refractivity (Wildman–Crippen MR) is 59.4 cm³/mol. The lowest BCUT2D eigenvalue weighted by molar-refractivity contribution is -0.168. The third kappa shape index (κ3) is 3.49. The molecule has 0 amide bonds. The van der Waals surface area contributed by atoms with Gasteiger partial charge in [-0.3, -0.25) is 9.59 Å². The third-order valence-corrected chi connectivity index (χ3v) is 2.23. The molecule has 0 N–H and O–H groups in total. The summed E-state index contributed by atoms with van der Waals surface area (Å²) in [5, 5.41) is 8.73. The molecule has 92 valence electrons. The van der Waals surface area contributed by atoms with Crippen LogP contribution in [-0.2, 0) is 19.1 Å². The molecule has 0 aromatic heterocycles. The van der Waals surface area contributed by atoms with E-state index in [0.29, 0.717) is 6.42 Å². The Morgan fingerprint density at radius 2 is 1.65 bits per heavy atom. The third-order valence-electron chi connectivity index (χ3n) is 2.23. The number of nitrogens with zero attached hydrogens (tertiary/aromatic N) is 1. The van der Waals surface area contributed by atoms with Crippen LogP contribution in [0.15, 0.2) is 0 Å². The zero-order chi connectivity index (χ0) is 13.3. The summed E-state index contributed by atoms with van der Waals surface area (Å²) in [5.41, 5.74) is -1.64. The normalized spacial score (nSPS) is 9.53. The Morgan fingerprint density at radius 3 is 2.00 bits per heavy atom. The van der Waals surface area contributed by atoms with Crippen LogP contribution < -0.4 is 0 Å². The van der Waals surface area contributed by atoms with Crippen LogP contribution in [-0.4, -0.2) is 26.2 Å². The molecule has 0 unspecified atom stereocenters. The Kier molecular flexibility index (Phi) is 6.43. The SMILES string of the molecule is CCC#CCC(CC#N)(C(=O)OC)C(=O)OC. The first-order valence-electron chi connectivity index (χ1n) is 5.08. The monoisotopic (exact) mass is 237 g/mol. The van der Waals surface area contributed by atoms with Crippen LogP contribution in [0, 0.1) is 28.6 Å². The number of rotatable bonds is 4. The molecule has 5 heteroatoms. The zero-order valence-corrected chi connectivity index (χ0v) is 10.2. The van der Waals surface area contributed by atoms with Crippen molar-refractivity contribution in [3.8, 4) is 17.9 Å². The van der Waals surface area contributed by atoms with Gasteiger partial charge >= 0.3 is 11.9 Å². The molecular weight excluding hydrogens is 222 g/mol. The maximum absolute atomic E-state index is 11.7. The zero-order valence-electron chi connectivity index (χ0n) is 10.2. The highest BCUT2D eigenvalue weighted by Crippen LogP contribution is 2.29. The number of ether oxygens (including phenoxy) is 2. The van der Waals surface area contributed by atoms with E-state index in [1.54, 1.807) is 6.07 Å². The fourth-order valence-corrected chi connectivity index (χ4v) is 1.30. The van der Waals surface area contributed by atoms with Crippen LogP contribution in [0.3, 0.4) is 0 Å². The van der Waals surface area contributed by atoms with Crippen molar-refractivity contribution in [3.63, 3.8) is 0 Å². The van der Waals surface area contributed by atoms with Crippen molar-refractivity contribution in [3.05, 3.63) is 0 Å². The minimum Gasteiger partial charge on any atom is -0.468 e. The van der Waals surface area contributed by atoms with Gasteiger partial charge in [-0.05, 0) is 0 Å². The lowest BCUT2D eigenvalue weighted by atomic mass is 9.81. The molecule has 0 radical (unpaired) electrons. The van der Waals surface area contributed by atoms with E-state index < -0.39 is 17.4 Å². The summed E-state index contributed by atoms with van der Waals surface area (Å²) in [4.78, 5) is 23.4. The molecule has 0 saturated carbocycles. The molecule has 0 rings (SSSR count). The summed E-state index contributed by atoms with van der Waals surface area (Å²) < 4.78 is 9.13. The molecule has 0 aliphatic heterocycles. The van der Waals surface area contributed by atoms with Crippen LogP contribution in [0.5, 0.6) is 0 Å². The second kappa shape index (κ2) is 7.29. The molecule has 0 heterocycles. The van der Waals surface area contributed by atoms with Crippen molar-refractivity contribution in [2.24, 2.45) is 5.41 Å².